The van der Waals surface area contributed by atoms with Gasteiger partial charge in [0.2, 0.25) is 0 Å². The summed E-state index contributed by atoms with van der Waals surface area (Å²) in [7, 11) is 0. The second-order valence-corrected chi connectivity index (χ2v) is 4.75. The van der Waals surface area contributed by atoms with Crippen LogP contribution in [-0.4, -0.2) is 6.61 Å². The van der Waals surface area contributed by atoms with Gasteiger partial charge in [0.1, 0.15) is 23.3 Å². The van der Waals surface area contributed by atoms with Gasteiger partial charge >= 0.3 is 0 Å². The lowest BCUT2D eigenvalue weighted by Gasteiger charge is -2.09. The molecule has 0 radical (unpaired) electrons. The van der Waals surface area contributed by atoms with Crippen molar-refractivity contribution in [2.75, 3.05) is 6.61 Å². The monoisotopic (exact) mass is 267 g/mol. The van der Waals surface area contributed by atoms with Crippen molar-refractivity contribution in [2.45, 2.75) is 19.8 Å². The maximum absolute atomic E-state index is 8.50. The standard InChI is InChI=1S/C17H17NO2/c1-13(2)14-6-8-15(9-7-14)20-17-5-3-4-16(12-17)19-11-10-18/h3-9,12-13H,11H2,1-2H3. The summed E-state index contributed by atoms with van der Waals surface area (Å²) in [5.74, 6) is 2.61. The van der Waals surface area contributed by atoms with Gasteiger partial charge in [-0.1, -0.05) is 32.0 Å². The van der Waals surface area contributed by atoms with E-state index in [-0.39, 0.29) is 6.61 Å². The van der Waals surface area contributed by atoms with Crippen LogP contribution in [0.2, 0.25) is 0 Å². The molecular formula is C17H17NO2. The lowest BCUT2D eigenvalue weighted by molar-refractivity contribution is 0.365. The van der Waals surface area contributed by atoms with Gasteiger partial charge in [0.05, 0.1) is 0 Å². The molecule has 0 spiro atoms. The molecule has 0 bridgehead atoms. The summed E-state index contributed by atoms with van der Waals surface area (Å²) in [4.78, 5) is 0. The lowest BCUT2D eigenvalue weighted by Crippen LogP contribution is -1.93. The first-order chi connectivity index (χ1) is 9.69. The number of ether oxygens (including phenoxy) is 2. The SMILES string of the molecule is CC(C)c1ccc(Oc2cccc(OCC#N)c2)cc1. The van der Waals surface area contributed by atoms with E-state index in [1.54, 1.807) is 12.1 Å². The van der Waals surface area contributed by atoms with Crippen LogP contribution in [0, 0.1) is 11.3 Å². The van der Waals surface area contributed by atoms with E-state index in [1.807, 2.05) is 30.3 Å². The number of nitrogens with zero attached hydrogens (tertiary/aromatic N) is 1. The number of rotatable bonds is 5. The Morgan fingerprint density at radius 1 is 1.00 bits per heavy atom. The fraction of sp³-hybridized carbons (Fsp3) is 0.235. The van der Waals surface area contributed by atoms with Crippen LogP contribution in [0.25, 0.3) is 0 Å². The molecule has 0 unspecified atom stereocenters. The first kappa shape index (κ1) is 14.0. The molecule has 3 nitrogen and oxygen atoms in total. The predicted molar refractivity (Wildman–Crippen MR) is 78.2 cm³/mol. The van der Waals surface area contributed by atoms with Gasteiger partial charge < -0.3 is 9.47 Å². The van der Waals surface area contributed by atoms with Gasteiger partial charge in [-0.2, -0.15) is 5.26 Å². The molecule has 2 aromatic rings. The van der Waals surface area contributed by atoms with E-state index in [1.165, 1.54) is 5.56 Å². The van der Waals surface area contributed by atoms with Crippen molar-refractivity contribution in [3.8, 4) is 23.3 Å². The van der Waals surface area contributed by atoms with E-state index in [2.05, 4.69) is 26.0 Å². The molecule has 2 rings (SSSR count). The Morgan fingerprint density at radius 3 is 2.35 bits per heavy atom. The quantitative estimate of drug-likeness (QED) is 0.800. The summed E-state index contributed by atoms with van der Waals surface area (Å²) in [5.41, 5.74) is 1.28. The summed E-state index contributed by atoms with van der Waals surface area (Å²) in [6.07, 6.45) is 0. The van der Waals surface area contributed by atoms with Crippen LogP contribution in [-0.2, 0) is 0 Å². The molecular weight excluding hydrogens is 250 g/mol. The van der Waals surface area contributed by atoms with E-state index in [4.69, 9.17) is 14.7 Å². The zero-order valence-electron chi connectivity index (χ0n) is 11.7. The summed E-state index contributed by atoms with van der Waals surface area (Å²) in [5, 5.41) is 8.50. The van der Waals surface area contributed by atoms with Gasteiger partial charge in [-0.05, 0) is 35.7 Å². The minimum Gasteiger partial charge on any atom is -0.479 e. The molecule has 0 amide bonds. The summed E-state index contributed by atoms with van der Waals surface area (Å²) in [6.45, 7) is 4.35. The highest BCUT2D eigenvalue weighted by Gasteiger charge is 2.02. The van der Waals surface area contributed by atoms with Crippen LogP contribution in [0.1, 0.15) is 25.3 Å². The molecule has 0 saturated carbocycles. The molecule has 0 aromatic heterocycles. The third-order valence-electron chi connectivity index (χ3n) is 2.89. The minimum atomic E-state index is 0.0343. The predicted octanol–water partition coefficient (Wildman–Crippen LogP) is 4.50. The third kappa shape index (κ3) is 3.76. The van der Waals surface area contributed by atoms with Crippen LogP contribution >= 0.6 is 0 Å². The van der Waals surface area contributed by atoms with Crippen molar-refractivity contribution < 1.29 is 9.47 Å². The molecule has 0 aliphatic carbocycles. The van der Waals surface area contributed by atoms with E-state index in [0.717, 1.165) is 5.75 Å². The Balaban J connectivity index is 2.07. The number of hydrogen-bond acceptors (Lipinski definition) is 3. The van der Waals surface area contributed by atoms with Gasteiger partial charge in [0.15, 0.2) is 6.61 Å². The van der Waals surface area contributed by atoms with E-state index in [0.29, 0.717) is 17.4 Å². The Labute approximate surface area is 119 Å². The Hall–Kier alpha value is -2.47. The van der Waals surface area contributed by atoms with Crippen LogP contribution < -0.4 is 9.47 Å². The van der Waals surface area contributed by atoms with Gasteiger partial charge in [0.25, 0.3) is 0 Å². The van der Waals surface area contributed by atoms with Crippen LogP contribution in [0.5, 0.6) is 17.2 Å². The highest BCUT2D eigenvalue weighted by Crippen LogP contribution is 2.26. The largest absolute Gasteiger partial charge is 0.479 e. The molecule has 2 aromatic carbocycles. The van der Waals surface area contributed by atoms with Crippen molar-refractivity contribution in [2.24, 2.45) is 0 Å². The van der Waals surface area contributed by atoms with E-state index < -0.39 is 0 Å². The van der Waals surface area contributed by atoms with Crippen molar-refractivity contribution >= 4 is 0 Å². The summed E-state index contributed by atoms with van der Waals surface area (Å²) < 4.78 is 11.0. The van der Waals surface area contributed by atoms with E-state index >= 15 is 0 Å². The fourth-order valence-corrected chi connectivity index (χ4v) is 1.80. The molecule has 0 fully saturated rings. The molecule has 0 atom stereocenters. The highest BCUT2D eigenvalue weighted by atomic mass is 16.5. The second-order valence-electron chi connectivity index (χ2n) is 4.75. The molecule has 0 N–H and O–H groups in total. The van der Waals surface area contributed by atoms with Gasteiger partial charge in [0, 0.05) is 6.07 Å². The smallest absolute Gasteiger partial charge is 0.174 e. The van der Waals surface area contributed by atoms with Crippen LogP contribution in [0.15, 0.2) is 48.5 Å². The number of nitriles is 1. The molecule has 3 heteroatoms. The molecule has 0 aliphatic heterocycles. The van der Waals surface area contributed by atoms with Crippen molar-refractivity contribution in [1.82, 2.24) is 0 Å². The second kappa shape index (κ2) is 6.63. The molecule has 0 aliphatic rings. The maximum atomic E-state index is 8.50. The van der Waals surface area contributed by atoms with E-state index in [9.17, 15) is 0 Å². The summed E-state index contributed by atoms with van der Waals surface area (Å²) in [6, 6.07) is 17.2. The molecule has 20 heavy (non-hydrogen) atoms. The lowest BCUT2D eigenvalue weighted by atomic mass is 10.0. The Bertz CT molecular complexity index is 597. The fourth-order valence-electron chi connectivity index (χ4n) is 1.80. The average molecular weight is 267 g/mol. The highest BCUT2D eigenvalue weighted by molar-refractivity contribution is 5.38. The van der Waals surface area contributed by atoms with Crippen molar-refractivity contribution in [1.29, 1.82) is 5.26 Å². The Kier molecular flexibility index (Phi) is 4.62. The average Bonchev–Trinajstić information content (AvgIpc) is 2.46. The zero-order valence-corrected chi connectivity index (χ0v) is 11.7. The third-order valence-corrected chi connectivity index (χ3v) is 2.89. The van der Waals surface area contributed by atoms with Crippen molar-refractivity contribution in [3.63, 3.8) is 0 Å². The zero-order chi connectivity index (χ0) is 14.4. The van der Waals surface area contributed by atoms with Gasteiger partial charge in [-0.3, -0.25) is 0 Å². The first-order valence-electron chi connectivity index (χ1n) is 6.56. The van der Waals surface area contributed by atoms with Crippen LogP contribution in [0.3, 0.4) is 0 Å². The number of hydrogen-bond donors (Lipinski definition) is 0. The van der Waals surface area contributed by atoms with Gasteiger partial charge in [-0.15, -0.1) is 0 Å². The van der Waals surface area contributed by atoms with Crippen molar-refractivity contribution in [3.05, 3.63) is 54.1 Å². The minimum absolute atomic E-state index is 0.0343. The maximum Gasteiger partial charge on any atom is 0.174 e. The first-order valence-corrected chi connectivity index (χ1v) is 6.56. The molecule has 0 saturated heterocycles. The molecule has 0 heterocycles. The summed E-state index contributed by atoms with van der Waals surface area (Å²) >= 11 is 0. The Morgan fingerprint density at radius 2 is 1.70 bits per heavy atom. The molecule has 102 valence electrons. The normalized spacial score (nSPS) is 10.1. The van der Waals surface area contributed by atoms with Gasteiger partial charge in [-0.25, -0.2) is 0 Å². The topological polar surface area (TPSA) is 42.2 Å². The van der Waals surface area contributed by atoms with Crippen LogP contribution in [0.4, 0.5) is 0 Å². The number of benzene rings is 2.